The number of carbonyl (C=O) groups excluding carboxylic acids is 2. The van der Waals surface area contributed by atoms with E-state index in [4.69, 9.17) is 21.7 Å². The van der Waals surface area contributed by atoms with Gasteiger partial charge in [-0.2, -0.15) is 0 Å². The summed E-state index contributed by atoms with van der Waals surface area (Å²) in [6.45, 7) is 4.69. The molecule has 0 radical (unpaired) electrons. The Kier molecular flexibility index (Phi) is 7.33. The maximum atomic E-state index is 12.4. The largest absolute Gasteiger partial charge is 0.454 e. The van der Waals surface area contributed by atoms with Crippen molar-refractivity contribution in [3.8, 4) is 0 Å². The van der Waals surface area contributed by atoms with E-state index in [0.717, 1.165) is 22.3 Å². The van der Waals surface area contributed by atoms with E-state index in [-0.39, 0.29) is 12.3 Å². The molecule has 1 heterocycles. The van der Waals surface area contributed by atoms with Crippen LogP contribution in [0.3, 0.4) is 0 Å². The molecule has 2 aromatic carbocycles. The number of nitrogens with one attached hydrogen (secondary N) is 3. The highest BCUT2D eigenvalue weighted by molar-refractivity contribution is 6.35. The molecule has 0 atom stereocenters. The molecular formula is C24H25ClN4O3. The van der Waals surface area contributed by atoms with Gasteiger partial charge in [-0.05, 0) is 45.0 Å². The van der Waals surface area contributed by atoms with Crippen LogP contribution < -0.4 is 10.6 Å². The van der Waals surface area contributed by atoms with Gasteiger partial charge < -0.3 is 25.3 Å². The van der Waals surface area contributed by atoms with E-state index in [2.05, 4.69) is 10.6 Å². The van der Waals surface area contributed by atoms with Crippen LogP contribution in [0.15, 0.2) is 66.0 Å². The Bertz CT molecular complexity index is 1200. The van der Waals surface area contributed by atoms with Crippen LogP contribution in [0.4, 0.5) is 5.69 Å². The third-order valence-corrected chi connectivity index (χ3v) is 5.15. The highest BCUT2D eigenvalue weighted by Gasteiger charge is 2.16. The molecule has 0 saturated carbocycles. The number of rotatable bonds is 8. The second kappa shape index (κ2) is 10.2. The van der Waals surface area contributed by atoms with Crippen molar-refractivity contribution in [1.29, 1.82) is 5.41 Å². The number of esters is 1. The van der Waals surface area contributed by atoms with Crippen molar-refractivity contribution in [2.24, 2.45) is 0 Å². The highest BCUT2D eigenvalue weighted by atomic mass is 35.5. The number of anilines is 1. The number of para-hydroxylation sites is 2. The summed E-state index contributed by atoms with van der Waals surface area (Å²) in [5.41, 5.74) is 3.55. The minimum Gasteiger partial charge on any atom is -0.454 e. The molecule has 3 rings (SSSR count). The number of benzene rings is 2. The number of ether oxygens (including phenoxy) is 1. The zero-order chi connectivity index (χ0) is 23.3. The van der Waals surface area contributed by atoms with Crippen molar-refractivity contribution in [1.82, 2.24) is 9.88 Å². The molecule has 1 amide bonds. The number of hydrogen-bond acceptors (Lipinski definition) is 5. The number of halogens is 1. The zero-order valence-electron chi connectivity index (χ0n) is 18.2. The monoisotopic (exact) mass is 452 g/mol. The fourth-order valence-corrected chi connectivity index (χ4v) is 3.67. The predicted octanol–water partition coefficient (Wildman–Crippen LogP) is 4.65. The summed E-state index contributed by atoms with van der Waals surface area (Å²) < 4.78 is 6.93. The standard InChI is InChI=1S/C24H25ClN4O3/c1-15-12-18-8-7-11-20(25)24(18)29(15)13-22(31)32-14-21(30)28-23(16(2)26)17(3)27-19-9-5-4-6-10-19/h4-12,26-27H,13-14H2,1-3H3,(H,28,30)/b23-17+,26-16?. The van der Waals surface area contributed by atoms with Gasteiger partial charge in [0.2, 0.25) is 0 Å². The first-order valence-corrected chi connectivity index (χ1v) is 10.4. The molecule has 3 N–H and O–H groups in total. The second-order valence-corrected chi connectivity index (χ2v) is 7.78. The molecule has 0 aliphatic rings. The van der Waals surface area contributed by atoms with E-state index < -0.39 is 18.5 Å². The molecule has 1 aromatic heterocycles. The van der Waals surface area contributed by atoms with Crippen molar-refractivity contribution >= 4 is 45.8 Å². The summed E-state index contributed by atoms with van der Waals surface area (Å²) >= 11 is 6.29. The third kappa shape index (κ3) is 5.56. The summed E-state index contributed by atoms with van der Waals surface area (Å²) in [5, 5.41) is 15.2. The lowest BCUT2D eigenvalue weighted by Gasteiger charge is -2.15. The normalized spacial score (nSPS) is 11.6. The minimum absolute atomic E-state index is 0.0623. The number of fused-ring (bicyclic) bond motifs is 1. The van der Waals surface area contributed by atoms with Crippen LogP contribution in [0.5, 0.6) is 0 Å². The SMILES string of the molecule is CC(=N)/C(NC(=O)COC(=O)Cn1c(C)cc2cccc(Cl)c21)=C(/C)Nc1ccccc1. The van der Waals surface area contributed by atoms with Gasteiger partial charge in [-0.15, -0.1) is 0 Å². The fourth-order valence-electron chi connectivity index (χ4n) is 3.38. The summed E-state index contributed by atoms with van der Waals surface area (Å²) in [4.78, 5) is 24.8. The first-order valence-electron chi connectivity index (χ1n) is 10.0. The Balaban J connectivity index is 1.62. The van der Waals surface area contributed by atoms with Gasteiger partial charge in [0.25, 0.3) is 5.91 Å². The van der Waals surface area contributed by atoms with Crippen molar-refractivity contribution in [2.75, 3.05) is 11.9 Å². The van der Waals surface area contributed by atoms with Gasteiger partial charge in [-0.1, -0.05) is 41.9 Å². The van der Waals surface area contributed by atoms with E-state index in [0.29, 0.717) is 16.4 Å². The first kappa shape index (κ1) is 23.1. The highest BCUT2D eigenvalue weighted by Crippen LogP contribution is 2.26. The molecule has 0 aliphatic heterocycles. The van der Waals surface area contributed by atoms with Crippen LogP contribution in [0.25, 0.3) is 10.9 Å². The summed E-state index contributed by atoms with van der Waals surface area (Å²) in [6, 6.07) is 16.9. The number of allylic oxidation sites excluding steroid dienone is 2. The number of aryl methyl sites for hydroxylation is 1. The summed E-state index contributed by atoms with van der Waals surface area (Å²) in [6.07, 6.45) is 0. The lowest BCUT2D eigenvalue weighted by molar-refractivity contribution is -0.148. The molecule has 0 bridgehead atoms. The smallest absolute Gasteiger partial charge is 0.326 e. The van der Waals surface area contributed by atoms with Crippen LogP contribution >= 0.6 is 11.6 Å². The van der Waals surface area contributed by atoms with Gasteiger partial charge in [-0.25, -0.2) is 0 Å². The van der Waals surface area contributed by atoms with E-state index in [9.17, 15) is 9.59 Å². The topological polar surface area (TPSA) is 96.2 Å². The van der Waals surface area contributed by atoms with E-state index >= 15 is 0 Å². The Morgan fingerprint density at radius 1 is 1.09 bits per heavy atom. The average molecular weight is 453 g/mol. The first-order chi connectivity index (χ1) is 15.3. The van der Waals surface area contributed by atoms with Gasteiger partial charge in [0.1, 0.15) is 6.54 Å². The maximum absolute atomic E-state index is 12.4. The number of hydrogen-bond donors (Lipinski definition) is 3. The van der Waals surface area contributed by atoms with E-state index in [1.807, 2.05) is 55.5 Å². The number of nitrogens with zero attached hydrogens (tertiary/aromatic N) is 1. The van der Waals surface area contributed by atoms with Gasteiger partial charge in [0.05, 0.1) is 21.9 Å². The number of amides is 1. The maximum Gasteiger partial charge on any atom is 0.326 e. The zero-order valence-corrected chi connectivity index (χ0v) is 18.9. The van der Waals surface area contributed by atoms with E-state index in [1.54, 1.807) is 24.5 Å². The Morgan fingerprint density at radius 3 is 2.50 bits per heavy atom. The lowest BCUT2D eigenvalue weighted by Crippen LogP contribution is -2.32. The molecular weight excluding hydrogens is 428 g/mol. The van der Waals surface area contributed by atoms with Gasteiger partial charge in [0.15, 0.2) is 6.61 Å². The lowest BCUT2D eigenvalue weighted by atomic mass is 10.2. The molecule has 0 unspecified atom stereocenters. The molecule has 0 aliphatic carbocycles. The van der Waals surface area contributed by atoms with Crippen LogP contribution in [-0.4, -0.2) is 28.8 Å². The molecule has 7 nitrogen and oxygen atoms in total. The van der Waals surface area contributed by atoms with Crippen molar-refractivity contribution in [3.05, 3.63) is 76.7 Å². The van der Waals surface area contributed by atoms with E-state index in [1.165, 1.54) is 0 Å². The summed E-state index contributed by atoms with van der Waals surface area (Å²) in [7, 11) is 0. The fraction of sp³-hybridized carbons (Fsp3) is 0.208. The Morgan fingerprint density at radius 2 is 1.81 bits per heavy atom. The predicted molar refractivity (Wildman–Crippen MR) is 127 cm³/mol. The van der Waals surface area contributed by atoms with Gasteiger partial charge in [-0.3, -0.25) is 9.59 Å². The second-order valence-electron chi connectivity index (χ2n) is 7.37. The van der Waals surface area contributed by atoms with Crippen LogP contribution in [0.1, 0.15) is 19.5 Å². The van der Waals surface area contributed by atoms with Crippen LogP contribution in [0, 0.1) is 12.3 Å². The molecule has 32 heavy (non-hydrogen) atoms. The average Bonchev–Trinajstić information content (AvgIpc) is 3.07. The van der Waals surface area contributed by atoms with Crippen molar-refractivity contribution < 1.29 is 14.3 Å². The minimum atomic E-state index is -0.558. The molecule has 3 aromatic rings. The molecule has 0 saturated heterocycles. The third-order valence-electron chi connectivity index (χ3n) is 4.85. The number of carbonyl (C=O) groups is 2. The number of aromatic nitrogens is 1. The molecule has 0 fully saturated rings. The molecule has 0 spiro atoms. The summed E-state index contributed by atoms with van der Waals surface area (Å²) in [5.74, 6) is -1.09. The van der Waals surface area contributed by atoms with Crippen molar-refractivity contribution in [2.45, 2.75) is 27.3 Å². The molecule has 166 valence electrons. The van der Waals surface area contributed by atoms with Gasteiger partial charge >= 0.3 is 5.97 Å². The van der Waals surface area contributed by atoms with Crippen LogP contribution in [-0.2, 0) is 20.9 Å². The van der Waals surface area contributed by atoms with Crippen molar-refractivity contribution in [3.63, 3.8) is 0 Å². The van der Waals surface area contributed by atoms with Crippen LogP contribution in [0.2, 0.25) is 5.02 Å². The Hall–Kier alpha value is -3.58. The quantitative estimate of drug-likeness (QED) is 0.342. The van der Waals surface area contributed by atoms with Gasteiger partial charge in [0, 0.05) is 22.5 Å². The Labute approximate surface area is 191 Å². The molecule has 8 heteroatoms.